The summed E-state index contributed by atoms with van der Waals surface area (Å²) in [5.41, 5.74) is 0.811. The SMILES string of the molecule is CN1C(=O)N[C@@H](c2ccccc2Cl)C2=C1CN(CC(=O)NCc1cccc(C(F)(F)F)c1)C2=O. The van der Waals surface area contributed by atoms with Crippen LogP contribution in [-0.4, -0.2) is 47.8 Å². The van der Waals surface area contributed by atoms with Gasteiger partial charge in [0.15, 0.2) is 0 Å². The van der Waals surface area contributed by atoms with E-state index in [1.54, 1.807) is 24.3 Å². The van der Waals surface area contributed by atoms with E-state index in [4.69, 9.17) is 11.6 Å². The van der Waals surface area contributed by atoms with E-state index < -0.39 is 35.6 Å². The van der Waals surface area contributed by atoms with Gasteiger partial charge in [-0.05, 0) is 29.3 Å². The van der Waals surface area contributed by atoms with Gasteiger partial charge in [0.1, 0.15) is 6.54 Å². The summed E-state index contributed by atoms with van der Waals surface area (Å²) in [5.74, 6) is -0.970. The van der Waals surface area contributed by atoms with Gasteiger partial charge in [0.2, 0.25) is 5.91 Å². The third kappa shape index (κ3) is 4.58. The molecule has 2 aliphatic rings. The lowest BCUT2D eigenvalue weighted by Gasteiger charge is -2.31. The van der Waals surface area contributed by atoms with Gasteiger partial charge < -0.3 is 15.5 Å². The van der Waals surface area contributed by atoms with Crippen LogP contribution in [0, 0.1) is 0 Å². The topological polar surface area (TPSA) is 81.8 Å². The molecule has 0 spiro atoms. The van der Waals surface area contributed by atoms with Crippen LogP contribution in [0.2, 0.25) is 5.02 Å². The van der Waals surface area contributed by atoms with E-state index in [0.29, 0.717) is 21.9 Å². The largest absolute Gasteiger partial charge is 0.416 e. The molecule has 0 saturated heterocycles. The first-order chi connectivity index (χ1) is 16.1. The van der Waals surface area contributed by atoms with Crippen LogP contribution in [0.5, 0.6) is 0 Å². The van der Waals surface area contributed by atoms with Crippen molar-refractivity contribution >= 4 is 29.4 Å². The summed E-state index contributed by atoms with van der Waals surface area (Å²) in [4.78, 5) is 40.8. The van der Waals surface area contributed by atoms with E-state index in [1.165, 1.54) is 29.0 Å². The molecule has 2 aliphatic heterocycles. The molecule has 0 aromatic heterocycles. The minimum Gasteiger partial charge on any atom is -0.350 e. The normalized spacial score (nSPS) is 18.2. The number of amides is 4. The molecule has 0 aliphatic carbocycles. The predicted octanol–water partition coefficient (Wildman–Crippen LogP) is 3.47. The van der Waals surface area contributed by atoms with Gasteiger partial charge in [-0.3, -0.25) is 14.5 Å². The van der Waals surface area contributed by atoms with E-state index in [9.17, 15) is 27.6 Å². The van der Waals surface area contributed by atoms with Crippen molar-refractivity contribution in [2.75, 3.05) is 20.1 Å². The number of urea groups is 1. The van der Waals surface area contributed by atoms with Gasteiger partial charge in [0.25, 0.3) is 5.91 Å². The van der Waals surface area contributed by atoms with Crippen LogP contribution in [0.25, 0.3) is 0 Å². The van der Waals surface area contributed by atoms with Crippen LogP contribution >= 0.6 is 11.6 Å². The van der Waals surface area contributed by atoms with E-state index >= 15 is 0 Å². The second-order valence-corrected chi connectivity index (χ2v) is 8.37. The number of nitrogens with zero attached hydrogens (tertiary/aromatic N) is 2. The smallest absolute Gasteiger partial charge is 0.350 e. The molecule has 7 nitrogen and oxygen atoms in total. The highest BCUT2D eigenvalue weighted by Crippen LogP contribution is 2.37. The Bertz CT molecular complexity index is 1200. The quantitative estimate of drug-likeness (QED) is 0.670. The molecule has 2 aromatic rings. The van der Waals surface area contributed by atoms with Crippen molar-refractivity contribution in [3.8, 4) is 0 Å². The molecule has 0 saturated carbocycles. The summed E-state index contributed by atoms with van der Waals surface area (Å²) in [6, 6.07) is 10.3. The number of alkyl halides is 3. The van der Waals surface area contributed by atoms with Crippen LogP contribution in [0.1, 0.15) is 22.7 Å². The number of benzene rings is 2. The first-order valence-electron chi connectivity index (χ1n) is 10.3. The number of carbonyl (C=O) groups excluding carboxylic acids is 3. The highest BCUT2D eigenvalue weighted by molar-refractivity contribution is 6.31. The van der Waals surface area contributed by atoms with E-state index in [-0.39, 0.29) is 25.2 Å². The molecule has 2 aromatic carbocycles. The molecule has 2 N–H and O–H groups in total. The Balaban J connectivity index is 1.46. The Kier molecular flexibility index (Phi) is 6.26. The Labute approximate surface area is 198 Å². The Morgan fingerprint density at radius 2 is 1.91 bits per heavy atom. The van der Waals surface area contributed by atoms with Gasteiger partial charge in [-0.15, -0.1) is 0 Å². The van der Waals surface area contributed by atoms with Crippen molar-refractivity contribution in [3.05, 3.63) is 81.5 Å². The predicted molar refractivity (Wildman–Crippen MR) is 117 cm³/mol. The zero-order chi connectivity index (χ0) is 24.6. The van der Waals surface area contributed by atoms with Crippen molar-refractivity contribution in [1.29, 1.82) is 0 Å². The lowest BCUT2D eigenvalue weighted by atomic mass is 9.96. The van der Waals surface area contributed by atoms with Crippen LogP contribution in [0.4, 0.5) is 18.0 Å². The second-order valence-electron chi connectivity index (χ2n) is 7.96. The fraction of sp³-hybridized carbons (Fsp3) is 0.261. The maximum atomic E-state index is 13.2. The molecule has 0 radical (unpaired) electrons. The molecule has 0 bridgehead atoms. The summed E-state index contributed by atoms with van der Waals surface area (Å²) < 4.78 is 38.7. The zero-order valence-electron chi connectivity index (χ0n) is 17.9. The van der Waals surface area contributed by atoms with Crippen molar-refractivity contribution in [2.45, 2.75) is 18.8 Å². The average Bonchev–Trinajstić information content (AvgIpc) is 3.11. The molecule has 0 unspecified atom stereocenters. The fourth-order valence-corrected chi connectivity index (χ4v) is 4.23. The molecule has 2 heterocycles. The summed E-state index contributed by atoms with van der Waals surface area (Å²) in [5, 5.41) is 5.69. The monoisotopic (exact) mass is 492 g/mol. The van der Waals surface area contributed by atoms with Gasteiger partial charge in [0, 0.05) is 18.6 Å². The third-order valence-electron chi connectivity index (χ3n) is 5.73. The van der Waals surface area contributed by atoms with Crippen LogP contribution in [0.3, 0.4) is 0 Å². The van der Waals surface area contributed by atoms with Crippen LogP contribution < -0.4 is 10.6 Å². The number of hydrogen-bond acceptors (Lipinski definition) is 3. The zero-order valence-corrected chi connectivity index (χ0v) is 18.7. The number of hydrogen-bond donors (Lipinski definition) is 2. The Morgan fingerprint density at radius 1 is 1.18 bits per heavy atom. The van der Waals surface area contributed by atoms with E-state index in [1.807, 2.05) is 0 Å². The number of likely N-dealkylation sites (N-methyl/N-ethyl adjacent to an activating group) is 1. The van der Waals surface area contributed by atoms with Crippen LogP contribution in [-0.2, 0) is 22.3 Å². The summed E-state index contributed by atoms with van der Waals surface area (Å²) >= 11 is 6.29. The van der Waals surface area contributed by atoms with Crippen molar-refractivity contribution in [3.63, 3.8) is 0 Å². The van der Waals surface area contributed by atoms with Crippen molar-refractivity contribution in [2.24, 2.45) is 0 Å². The molecule has 178 valence electrons. The standard InChI is InChI=1S/C23H20ClF3N4O3/c1-30-17-11-31(12-18(32)28-10-13-5-4-6-14(9-13)23(25,26)27)21(33)19(17)20(29-22(30)34)15-7-2-3-8-16(15)24/h2-9,20H,10-12H2,1H3,(H,28,32)(H,29,34)/t20-/m0/s1. The Morgan fingerprint density at radius 3 is 2.62 bits per heavy atom. The third-order valence-corrected chi connectivity index (χ3v) is 6.07. The first kappa shape index (κ1) is 23.6. The van der Waals surface area contributed by atoms with Crippen molar-refractivity contribution < 1.29 is 27.6 Å². The van der Waals surface area contributed by atoms with E-state index in [2.05, 4.69) is 10.6 Å². The molecular weight excluding hydrogens is 473 g/mol. The van der Waals surface area contributed by atoms with Crippen molar-refractivity contribution in [1.82, 2.24) is 20.4 Å². The number of nitrogens with one attached hydrogen (secondary N) is 2. The maximum Gasteiger partial charge on any atom is 0.416 e. The average molecular weight is 493 g/mol. The molecule has 11 heteroatoms. The van der Waals surface area contributed by atoms with Gasteiger partial charge in [-0.25, -0.2) is 4.79 Å². The molecule has 34 heavy (non-hydrogen) atoms. The molecule has 0 fully saturated rings. The number of halogens is 4. The Hall–Kier alpha value is -3.53. The van der Waals surface area contributed by atoms with Gasteiger partial charge in [-0.1, -0.05) is 41.9 Å². The molecule has 1 atom stereocenters. The highest BCUT2D eigenvalue weighted by Gasteiger charge is 2.43. The maximum absolute atomic E-state index is 13.2. The van der Waals surface area contributed by atoms with Gasteiger partial charge >= 0.3 is 12.2 Å². The fourth-order valence-electron chi connectivity index (χ4n) is 3.98. The minimum atomic E-state index is -4.48. The summed E-state index contributed by atoms with van der Waals surface area (Å²) in [7, 11) is 1.53. The highest BCUT2D eigenvalue weighted by atomic mass is 35.5. The lowest BCUT2D eigenvalue weighted by Crippen LogP contribution is -2.45. The first-order valence-corrected chi connectivity index (χ1v) is 10.7. The number of rotatable bonds is 5. The summed E-state index contributed by atoms with van der Waals surface area (Å²) in [6.45, 7) is -0.405. The minimum absolute atomic E-state index is 0.0377. The summed E-state index contributed by atoms with van der Waals surface area (Å²) in [6.07, 6.45) is -4.48. The molecular formula is C23H20ClF3N4O3. The van der Waals surface area contributed by atoms with Gasteiger partial charge in [-0.2, -0.15) is 13.2 Å². The number of carbonyl (C=O) groups is 3. The van der Waals surface area contributed by atoms with E-state index in [0.717, 1.165) is 12.1 Å². The molecule has 4 amide bonds. The van der Waals surface area contributed by atoms with Gasteiger partial charge in [0.05, 0.1) is 29.4 Å². The second kappa shape index (κ2) is 9.02. The molecule has 4 rings (SSSR count). The lowest BCUT2D eigenvalue weighted by molar-refractivity contribution is -0.137. The van der Waals surface area contributed by atoms with Crippen LogP contribution in [0.15, 0.2) is 59.8 Å².